The molecule has 2 aromatic heterocycles. The summed E-state index contributed by atoms with van der Waals surface area (Å²) < 4.78 is 0. The lowest BCUT2D eigenvalue weighted by Crippen LogP contribution is -1.93. The number of aromatic nitrogens is 3. The SMILES string of the molecule is O=Cc1ncccc1-c1ccncn1. The lowest BCUT2D eigenvalue weighted by atomic mass is 10.1. The number of pyridine rings is 1. The van der Waals surface area contributed by atoms with E-state index in [1.54, 1.807) is 30.6 Å². The van der Waals surface area contributed by atoms with Gasteiger partial charge in [-0.15, -0.1) is 0 Å². The Morgan fingerprint density at radius 3 is 2.79 bits per heavy atom. The van der Waals surface area contributed by atoms with Crippen molar-refractivity contribution in [2.24, 2.45) is 0 Å². The van der Waals surface area contributed by atoms with Gasteiger partial charge in [-0.1, -0.05) is 0 Å². The van der Waals surface area contributed by atoms with Gasteiger partial charge in [0.25, 0.3) is 0 Å². The number of rotatable bonds is 2. The molecule has 0 aliphatic heterocycles. The molecule has 0 fully saturated rings. The monoisotopic (exact) mass is 185 g/mol. The molecule has 0 aliphatic rings. The first kappa shape index (κ1) is 8.50. The van der Waals surface area contributed by atoms with Crippen molar-refractivity contribution in [3.63, 3.8) is 0 Å². The van der Waals surface area contributed by atoms with Crippen molar-refractivity contribution >= 4 is 6.29 Å². The molecule has 4 nitrogen and oxygen atoms in total. The van der Waals surface area contributed by atoms with Crippen molar-refractivity contribution in [2.45, 2.75) is 0 Å². The fourth-order valence-electron chi connectivity index (χ4n) is 1.18. The first-order valence-electron chi connectivity index (χ1n) is 4.08. The zero-order valence-electron chi connectivity index (χ0n) is 7.29. The van der Waals surface area contributed by atoms with E-state index in [1.165, 1.54) is 6.33 Å². The van der Waals surface area contributed by atoms with Crippen molar-refractivity contribution in [1.29, 1.82) is 0 Å². The van der Waals surface area contributed by atoms with Crippen molar-refractivity contribution in [3.05, 3.63) is 42.6 Å². The second kappa shape index (κ2) is 3.74. The van der Waals surface area contributed by atoms with Crippen LogP contribution in [-0.4, -0.2) is 21.2 Å². The van der Waals surface area contributed by atoms with Gasteiger partial charge in [-0.25, -0.2) is 9.97 Å². The number of carbonyl (C=O) groups excluding carboxylic acids is 1. The Morgan fingerprint density at radius 2 is 2.07 bits per heavy atom. The van der Waals surface area contributed by atoms with Gasteiger partial charge in [0, 0.05) is 18.0 Å². The van der Waals surface area contributed by atoms with Gasteiger partial charge >= 0.3 is 0 Å². The zero-order chi connectivity index (χ0) is 9.80. The number of carbonyl (C=O) groups is 1. The van der Waals surface area contributed by atoms with E-state index in [4.69, 9.17) is 0 Å². The highest BCUT2D eigenvalue weighted by Crippen LogP contribution is 2.17. The molecule has 0 bridgehead atoms. The molecule has 0 aromatic carbocycles. The Kier molecular flexibility index (Phi) is 2.27. The zero-order valence-corrected chi connectivity index (χ0v) is 7.29. The lowest BCUT2D eigenvalue weighted by Gasteiger charge is -2.00. The molecule has 0 saturated heterocycles. The Balaban J connectivity index is 2.57. The maximum atomic E-state index is 10.7. The van der Waals surface area contributed by atoms with Crippen LogP contribution in [0.15, 0.2) is 36.9 Å². The standard InChI is InChI=1S/C10H7N3O/c14-6-10-8(2-1-4-12-10)9-3-5-11-7-13-9/h1-7H. The predicted octanol–water partition coefficient (Wildman–Crippen LogP) is 1.35. The fraction of sp³-hybridized carbons (Fsp3) is 0. The fourth-order valence-corrected chi connectivity index (χ4v) is 1.18. The van der Waals surface area contributed by atoms with Gasteiger partial charge in [0.2, 0.25) is 0 Å². The Hall–Kier alpha value is -2.10. The molecular formula is C10H7N3O. The Bertz CT molecular complexity index is 442. The molecule has 0 amide bonds. The smallest absolute Gasteiger partial charge is 0.169 e. The molecule has 0 N–H and O–H groups in total. The molecule has 4 heteroatoms. The first-order chi connectivity index (χ1) is 6.92. The molecule has 0 radical (unpaired) electrons. The largest absolute Gasteiger partial charge is 0.296 e. The van der Waals surface area contributed by atoms with Gasteiger partial charge in [0.1, 0.15) is 12.0 Å². The molecule has 14 heavy (non-hydrogen) atoms. The summed E-state index contributed by atoms with van der Waals surface area (Å²) in [6.07, 6.45) is 5.37. The second-order valence-electron chi connectivity index (χ2n) is 2.65. The summed E-state index contributed by atoms with van der Waals surface area (Å²) >= 11 is 0. The third-order valence-corrected chi connectivity index (χ3v) is 1.81. The van der Waals surface area contributed by atoms with E-state index in [-0.39, 0.29) is 0 Å². The minimum Gasteiger partial charge on any atom is -0.296 e. The molecule has 2 rings (SSSR count). The van der Waals surface area contributed by atoms with Crippen LogP contribution in [0.25, 0.3) is 11.3 Å². The van der Waals surface area contributed by atoms with Crippen LogP contribution in [0.2, 0.25) is 0 Å². The molecular weight excluding hydrogens is 178 g/mol. The first-order valence-corrected chi connectivity index (χ1v) is 4.08. The highest BCUT2D eigenvalue weighted by Gasteiger charge is 2.04. The highest BCUT2D eigenvalue weighted by atomic mass is 16.1. The summed E-state index contributed by atoms with van der Waals surface area (Å²) in [6, 6.07) is 5.31. The van der Waals surface area contributed by atoms with Gasteiger partial charge in [-0.2, -0.15) is 0 Å². The van der Waals surface area contributed by atoms with E-state index >= 15 is 0 Å². The normalized spacial score (nSPS) is 9.71. The molecule has 0 unspecified atom stereocenters. The van der Waals surface area contributed by atoms with Gasteiger partial charge in [-0.05, 0) is 18.2 Å². The average molecular weight is 185 g/mol. The van der Waals surface area contributed by atoms with Crippen LogP contribution < -0.4 is 0 Å². The summed E-state index contributed by atoms with van der Waals surface area (Å²) in [6.45, 7) is 0. The molecule has 0 aliphatic carbocycles. The lowest BCUT2D eigenvalue weighted by molar-refractivity contribution is 0.111. The van der Waals surface area contributed by atoms with Crippen molar-refractivity contribution in [1.82, 2.24) is 15.0 Å². The van der Waals surface area contributed by atoms with Gasteiger partial charge in [-0.3, -0.25) is 9.78 Å². The summed E-state index contributed by atoms with van der Waals surface area (Å²) in [7, 11) is 0. The van der Waals surface area contributed by atoms with Crippen LogP contribution in [0.1, 0.15) is 10.5 Å². The van der Waals surface area contributed by atoms with Crippen molar-refractivity contribution in [3.8, 4) is 11.3 Å². The van der Waals surface area contributed by atoms with E-state index in [0.29, 0.717) is 11.4 Å². The Morgan fingerprint density at radius 1 is 1.14 bits per heavy atom. The average Bonchev–Trinajstić information content (AvgIpc) is 2.30. The van der Waals surface area contributed by atoms with Crippen LogP contribution in [-0.2, 0) is 0 Å². The molecule has 0 atom stereocenters. The Labute approximate surface area is 80.7 Å². The molecule has 2 heterocycles. The molecule has 68 valence electrons. The number of hydrogen-bond acceptors (Lipinski definition) is 4. The maximum absolute atomic E-state index is 10.7. The van der Waals surface area contributed by atoms with E-state index in [1.807, 2.05) is 0 Å². The molecule has 0 spiro atoms. The summed E-state index contributed by atoms with van der Waals surface area (Å²) in [4.78, 5) is 22.5. The minimum absolute atomic E-state index is 0.395. The van der Waals surface area contributed by atoms with Crippen LogP contribution in [0.3, 0.4) is 0 Å². The quantitative estimate of drug-likeness (QED) is 0.662. The third kappa shape index (κ3) is 1.50. The van der Waals surface area contributed by atoms with Crippen molar-refractivity contribution < 1.29 is 4.79 Å². The van der Waals surface area contributed by atoms with Gasteiger partial charge in [0.05, 0.1) is 5.69 Å². The summed E-state index contributed by atoms with van der Waals surface area (Å²) in [5.41, 5.74) is 1.83. The van der Waals surface area contributed by atoms with Crippen molar-refractivity contribution in [2.75, 3.05) is 0 Å². The van der Waals surface area contributed by atoms with Gasteiger partial charge in [0.15, 0.2) is 6.29 Å². The van der Waals surface area contributed by atoms with E-state index in [2.05, 4.69) is 15.0 Å². The number of nitrogens with zero attached hydrogens (tertiary/aromatic N) is 3. The predicted molar refractivity (Wildman–Crippen MR) is 50.7 cm³/mol. The maximum Gasteiger partial charge on any atom is 0.169 e. The van der Waals surface area contributed by atoms with E-state index in [9.17, 15) is 4.79 Å². The number of aldehydes is 1. The van der Waals surface area contributed by atoms with Crippen LogP contribution in [0, 0.1) is 0 Å². The second-order valence-corrected chi connectivity index (χ2v) is 2.65. The van der Waals surface area contributed by atoms with E-state index in [0.717, 1.165) is 11.8 Å². The topological polar surface area (TPSA) is 55.7 Å². The third-order valence-electron chi connectivity index (χ3n) is 1.81. The highest BCUT2D eigenvalue weighted by molar-refractivity contribution is 5.83. The molecule has 2 aromatic rings. The van der Waals surface area contributed by atoms with Crippen LogP contribution >= 0.6 is 0 Å². The van der Waals surface area contributed by atoms with Gasteiger partial charge < -0.3 is 0 Å². The summed E-state index contributed by atoms with van der Waals surface area (Å²) in [5.74, 6) is 0. The van der Waals surface area contributed by atoms with E-state index < -0.39 is 0 Å². The minimum atomic E-state index is 0.395. The van der Waals surface area contributed by atoms with Crippen LogP contribution in [0.5, 0.6) is 0 Å². The number of hydrogen-bond donors (Lipinski definition) is 0. The molecule has 0 saturated carbocycles. The summed E-state index contributed by atoms with van der Waals surface area (Å²) in [5, 5.41) is 0. The van der Waals surface area contributed by atoms with Crippen LogP contribution in [0.4, 0.5) is 0 Å².